The van der Waals surface area contributed by atoms with Gasteiger partial charge in [-0.2, -0.15) is 0 Å². The molecule has 4 rings (SSSR count). The molecule has 2 aliphatic heterocycles. The number of piperidine rings is 1. The van der Waals surface area contributed by atoms with Crippen molar-refractivity contribution in [2.75, 3.05) is 24.6 Å². The largest absolute Gasteiger partial charge is 0.447 e. The van der Waals surface area contributed by atoms with Gasteiger partial charge in [0, 0.05) is 30.4 Å². The molecule has 2 heterocycles. The van der Waals surface area contributed by atoms with E-state index in [0.717, 1.165) is 12.1 Å². The number of hydrogen-bond acceptors (Lipinski definition) is 4. The number of benzene rings is 2. The molecule has 30 heavy (non-hydrogen) atoms. The van der Waals surface area contributed by atoms with Crippen molar-refractivity contribution in [3.05, 3.63) is 65.2 Å². The number of anilines is 1. The Bertz CT molecular complexity index is 897. The van der Waals surface area contributed by atoms with Crippen LogP contribution in [0.2, 0.25) is 0 Å². The van der Waals surface area contributed by atoms with E-state index in [-0.39, 0.29) is 12.0 Å². The Hall–Kier alpha value is -2.86. The first-order valence-corrected chi connectivity index (χ1v) is 10.7. The van der Waals surface area contributed by atoms with E-state index >= 15 is 0 Å². The molecule has 0 spiro atoms. The van der Waals surface area contributed by atoms with Crippen LogP contribution in [0, 0.1) is 0 Å². The van der Waals surface area contributed by atoms with E-state index in [9.17, 15) is 9.59 Å². The predicted molar refractivity (Wildman–Crippen MR) is 116 cm³/mol. The second-order valence-corrected chi connectivity index (χ2v) is 8.13. The van der Waals surface area contributed by atoms with Crippen LogP contribution in [-0.4, -0.2) is 42.6 Å². The summed E-state index contributed by atoms with van der Waals surface area (Å²) < 4.78 is 4.97. The maximum atomic E-state index is 12.6. The van der Waals surface area contributed by atoms with Gasteiger partial charge in [0.05, 0.1) is 6.54 Å². The van der Waals surface area contributed by atoms with Crippen LogP contribution in [0.15, 0.2) is 48.5 Å². The number of nitrogens with zero attached hydrogens (tertiary/aromatic N) is 2. The summed E-state index contributed by atoms with van der Waals surface area (Å²) in [5.74, 6) is -0.157. The van der Waals surface area contributed by atoms with Gasteiger partial charge in [0.15, 0.2) is 0 Å². The topological polar surface area (TPSA) is 61.9 Å². The van der Waals surface area contributed by atoms with E-state index in [1.165, 1.54) is 31.4 Å². The van der Waals surface area contributed by atoms with Gasteiger partial charge in [-0.15, -0.1) is 0 Å². The van der Waals surface area contributed by atoms with Crippen LogP contribution >= 0.6 is 0 Å². The lowest BCUT2D eigenvalue weighted by atomic mass is 10.0. The number of hydrogen-bond donors (Lipinski definition) is 1. The third-order valence-electron chi connectivity index (χ3n) is 5.98. The smallest absolute Gasteiger partial charge is 0.414 e. The lowest BCUT2D eigenvalue weighted by Crippen LogP contribution is -2.36. The van der Waals surface area contributed by atoms with Gasteiger partial charge in [-0.1, -0.05) is 36.8 Å². The Labute approximate surface area is 177 Å². The maximum Gasteiger partial charge on any atom is 0.414 e. The summed E-state index contributed by atoms with van der Waals surface area (Å²) in [6.45, 7) is 5.82. The average molecular weight is 408 g/mol. The molecular formula is C24H29N3O3. The van der Waals surface area contributed by atoms with E-state index in [0.29, 0.717) is 37.0 Å². The summed E-state index contributed by atoms with van der Waals surface area (Å²) in [5.41, 5.74) is 3.59. The van der Waals surface area contributed by atoms with Crippen molar-refractivity contribution < 1.29 is 14.3 Å². The normalized spacial score (nSPS) is 19.6. The molecule has 6 nitrogen and oxygen atoms in total. The van der Waals surface area contributed by atoms with Crippen LogP contribution in [0.25, 0.3) is 0 Å². The van der Waals surface area contributed by atoms with E-state index in [4.69, 9.17) is 4.74 Å². The Morgan fingerprint density at radius 3 is 2.63 bits per heavy atom. The number of ether oxygens (including phenoxy) is 1. The molecule has 1 unspecified atom stereocenters. The first-order chi connectivity index (χ1) is 14.6. The van der Waals surface area contributed by atoms with Crippen LogP contribution in [0.1, 0.15) is 47.7 Å². The minimum Gasteiger partial charge on any atom is -0.447 e. The van der Waals surface area contributed by atoms with E-state index in [1.807, 2.05) is 6.07 Å². The van der Waals surface area contributed by atoms with Crippen molar-refractivity contribution in [1.29, 1.82) is 0 Å². The molecule has 2 aromatic carbocycles. The quantitative estimate of drug-likeness (QED) is 0.788. The SMILES string of the molecule is CC1CCCCN1Cc1ccc(CNC(=O)c2cccc(N3CCOC3=O)c2)cc1. The standard InChI is InChI=1S/C24H29N3O3/c1-18-5-2-3-12-26(18)17-20-10-8-19(9-11-20)16-25-23(28)21-6-4-7-22(15-21)27-13-14-30-24(27)29/h4,6-11,15,18H,2-3,5,12-14,16-17H2,1H3,(H,25,28). The zero-order valence-corrected chi connectivity index (χ0v) is 17.5. The lowest BCUT2D eigenvalue weighted by Gasteiger charge is -2.33. The number of likely N-dealkylation sites (tertiary alicyclic amines) is 1. The van der Waals surface area contributed by atoms with Gasteiger partial charge in [0.1, 0.15) is 6.61 Å². The monoisotopic (exact) mass is 407 g/mol. The lowest BCUT2D eigenvalue weighted by molar-refractivity contribution is 0.0951. The molecule has 0 saturated carbocycles. The number of carbonyl (C=O) groups is 2. The average Bonchev–Trinajstić information content (AvgIpc) is 3.20. The highest BCUT2D eigenvalue weighted by Gasteiger charge is 2.24. The van der Waals surface area contributed by atoms with Crippen LogP contribution in [0.4, 0.5) is 10.5 Å². The third kappa shape index (κ3) is 4.82. The molecule has 1 atom stereocenters. The Kier molecular flexibility index (Phi) is 6.33. The molecular weight excluding hydrogens is 378 g/mol. The van der Waals surface area contributed by atoms with E-state index in [1.54, 1.807) is 23.1 Å². The number of nitrogens with one attached hydrogen (secondary N) is 1. The van der Waals surface area contributed by atoms with Gasteiger partial charge in [0.2, 0.25) is 0 Å². The van der Waals surface area contributed by atoms with E-state index < -0.39 is 0 Å². The molecule has 2 fully saturated rings. The van der Waals surface area contributed by atoms with Crippen LogP contribution in [0.5, 0.6) is 0 Å². The second kappa shape index (κ2) is 9.30. The van der Waals surface area contributed by atoms with Crippen molar-refractivity contribution in [3.63, 3.8) is 0 Å². The number of amides is 2. The van der Waals surface area contributed by atoms with Gasteiger partial charge in [-0.3, -0.25) is 14.6 Å². The van der Waals surface area contributed by atoms with Crippen LogP contribution < -0.4 is 10.2 Å². The molecule has 0 radical (unpaired) electrons. The fraction of sp³-hybridized carbons (Fsp3) is 0.417. The first kappa shape index (κ1) is 20.4. The summed E-state index contributed by atoms with van der Waals surface area (Å²) in [4.78, 5) is 28.4. The highest BCUT2D eigenvalue weighted by molar-refractivity contribution is 5.97. The summed E-state index contributed by atoms with van der Waals surface area (Å²) >= 11 is 0. The Morgan fingerprint density at radius 1 is 1.10 bits per heavy atom. The summed E-state index contributed by atoms with van der Waals surface area (Å²) in [6, 6.07) is 16.2. The van der Waals surface area contributed by atoms with Crippen molar-refractivity contribution in [1.82, 2.24) is 10.2 Å². The van der Waals surface area contributed by atoms with Crippen LogP contribution in [-0.2, 0) is 17.8 Å². The van der Waals surface area contributed by atoms with Crippen molar-refractivity contribution in [2.24, 2.45) is 0 Å². The number of rotatable bonds is 6. The maximum absolute atomic E-state index is 12.6. The van der Waals surface area contributed by atoms with Crippen LogP contribution in [0.3, 0.4) is 0 Å². The molecule has 1 N–H and O–H groups in total. The Morgan fingerprint density at radius 2 is 1.90 bits per heavy atom. The second-order valence-electron chi connectivity index (χ2n) is 8.13. The molecule has 0 aliphatic carbocycles. The van der Waals surface area contributed by atoms with Crippen molar-refractivity contribution >= 4 is 17.7 Å². The molecule has 158 valence electrons. The molecule has 6 heteroatoms. The van der Waals surface area contributed by atoms with Gasteiger partial charge < -0.3 is 10.1 Å². The fourth-order valence-electron chi connectivity index (χ4n) is 4.12. The van der Waals surface area contributed by atoms with Crippen molar-refractivity contribution in [2.45, 2.75) is 45.3 Å². The predicted octanol–water partition coefficient (Wildman–Crippen LogP) is 3.95. The molecule has 0 bridgehead atoms. The molecule has 2 aliphatic rings. The van der Waals surface area contributed by atoms with Gasteiger partial charge in [-0.05, 0) is 55.6 Å². The summed E-state index contributed by atoms with van der Waals surface area (Å²) in [5, 5.41) is 2.97. The zero-order valence-electron chi connectivity index (χ0n) is 17.5. The van der Waals surface area contributed by atoms with Gasteiger partial charge in [0.25, 0.3) is 5.91 Å². The van der Waals surface area contributed by atoms with Gasteiger partial charge >= 0.3 is 6.09 Å². The molecule has 2 saturated heterocycles. The molecule has 2 amide bonds. The van der Waals surface area contributed by atoms with Crippen molar-refractivity contribution in [3.8, 4) is 0 Å². The molecule has 2 aromatic rings. The fourth-order valence-corrected chi connectivity index (χ4v) is 4.12. The summed E-state index contributed by atoms with van der Waals surface area (Å²) in [7, 11) is 0. The Balaban J connectivity index is 1.32. The minimum atomic E-state index is -0.369. The number of cyclic esters (lactones) is 1. The van der Waals surface area contributed by atoms with E-state index in [2.05, 4.69) is 41.4 Å². The summed E-state index contributed by atoms with van der Waals surface area (Å²) in [6.07, 6.45) is 3.53. The highest BCUT2D eigenvalue weighted by atomic mass is 16.6. The molecule has 0 aromatic heterocycles. The minimum absolute atomic E-state index is 0.157. The highest BCUT2D eigenvalue weighted by Crippen LogP contribution is 2.21. The first-order valence-electron chi connectivity index (χ1n) is 10.7. The number of carbonyl (C=O) groups excluding carboxylic acids is 2. The third-order valence-corrected chi connectivity index (χ3v) is 5.98. The zero-order chi connectivity index (χ0) is 20.9. The van der Waals surface area contributed by atoms with Gasteiger partial charge in [-0.25, -0.2) is 4.79 Å².